The van der Waals surface area contributed by atoms with E-state index in [-0.39, 0.29) is 17.9 Å². The molecule has 5 heteroatoms. The van der Waals surface area contributed by atoms with E-state index < -0.39 is 12.0 Å². The fourth-order valence-electron chi connectivity index (χ4n) is 2.28. The van der Waals surface area contributed by atoms with Gasteiger partial charge in [0.1, 0.15) is 6.04 Å². The molecule has 0 aliphatic heterocycles. The fraction of sp³-hybridized carbons (Fsp3) is 0.833. The molecule has 5 nitrogen and oxygen atoms in total. The second-order valence-electron chi connectivity index (χ2n) is 4.61. The molecule has 1 unspecified atom stereocenters. The van der Waals surface area contributed by atoms with Crippen molar-refractivity contribution in [2.75, 3.05) is 7.11 Å². The Balaban J connectivity index is 2.39. The molecule has 0 aromatic carbocycles. The van der Waals surface area contributed by atoms with Gasteiger partial charge in [-0.05, 0) is 25.2 Å². The molecule has 1 aliphatic rings. The van der Waals surface area contributed by atoms with Crippen LogP contribution in [-0.4, -0.2) is 31.1 Å². The number of carbonyl (C=O) groups is 2. The Kier molecular flexibility index (Phi) is 5.41. The first-order valence-corrected chi connectivity index (χ1v) is 6.21. The molecule has 17 heavy (non-hydrogen) atoms. The van der Waals surface area contributed by atoms with Crippen LogP contribution in [0.4, 0.5) is 0 Å². The Labute approximate surface area is 102 Å². The Morgan fingerprint density at radius 3 is 2.65 bits per heavy atom. The number of nitrogens with one attached hydrogen (secondary N) is 1. The van der Waals surface area contributed by atoms with Gasteiger partial charge in [-0.3, -0.25) is 4.79 Å². The average molecular weight is 242 g/mol. The monoisotopic (exact) mass is 242 g/mol. The van der Waals surface area contributed by atoms with Gasteiger partial charge in [-0.15, -0.1) is 0 Å². The molecule has 1 fully saturated rings. The van der Waals surface area contributed by atoms with Crippen molar-refractivity contribution >= 4 is 11.9 Å². The van der Waals surface area contributed by atoms with Gasteiger partial charge in [0.15, 0.2) is 0 Å². The summed E-state index contributed by atoms with van der Waals surface area (Å²) in [5.41, 5.74) is 5.90. The third-order valence-electron chi connectivity index (χ3n) is 3.39. The second kappa shape index (κ2) is 6.59. The summed E-state index contributed by atoms with van der Waals surface area (Å²) in [6, 6.07) is -0.413. The summed E-state index contributed by atoms with van der Waals surface area (Å²) in [7, 11) is 1.32. The summed E-state index contributed by atoms with van der Waals surface area (Å²) in [6.07, 6.45) is 4.03. The van der Waals surface area contributed by atoms with Crippen molar-refractivity contribution in [3.63, 3.8) is 0 Å². The van der Waals surface area contributed by atoms with Crippen molar-refractivity contribution in [1.82, 2.24) is 5.32 Å². The summed E-state index contributed by atoms with van der Waals surface area (Å²) in [4.78, 5) is 23.1. The van der Waals surface area contributed by atoms with Gasteiger partial charge < -0.3 is 15.8 Å². The number of hydrogen-bond acceptors (Lipinski definition) is 4. The third kappa shape index (κ3) is 4.00. The molecule has 0 heterocycles. The fourth-order valence-corrected chi connectivity index (χ4v) is 2.28. The normalized spacial score (nSPS) is 25.4. The summed E-state index contributed by atoms with van der Waals surface area (Å²) in [5.74, 6) is -0.244. The lowest BCUT2D eigenvalue weighted by Crippen LogP contribution is -2.42. The molecule has 0 spiro atoms. The quantitative estimate of drug-likeness (QED) is 0.691. The number of rotatable bonds is 5. The molecule has 0 aromatic rings. The van der Waals surface area contributed by atoms with Crippen molar-refractivity contribution in [3.8, 4) is 0 Å². The summed E-state index contributed by atoms with van der Waals surface area (Å²) >= 11 is 0. The highest BCUT2D eigenvalue weighted by Gasteiger charge is 2.27. The number of amides is 1. The van der Waals surface area contributed by atoms with Crippen LogP contribution in [0, 0.1) is 5.92 Å². The van der Waals surface area contributed by atoms with Crippen LogP contribution in [0.25, 0.3) is 0 Å². The molecular formula is C12H22N2O3. The summed E-state index contributed by atoms with van der Waals surface area (Å²) < 4.78 is 4.62. The van der Waals surface area contributed by atoms with E-state index >= 15 is 0 Å². The predicted octanol–water partition coefficient (Wildman–Crippen LogP) is 0.572. The van der Waals surface area contributed by atoms with Gasteiger partial charge in [0.2, 0.25) is 5.91 Å². The summed E-state index contributed by atoms with van der Waals surface area (Å²) in [6.45, 7) is 1.84. The van der Waals surface area contributed by atoms with E-state index in [1.165, 1.54) is 7.11 Å². The standard InChI is InChI=1S/C12H22N2O3/c1-3-10(12(16)17-2)14-11(15)7-8-5-4-6-9(8)13/h8-10H,3-7,13H2,1-2H3,(H,14,15)/t8-,9+,10?/m0/s1. The number of hydrogen-bond donors (Lipinski definition) is 2. The van der Waals surface area contributed by atoms with E-state index in [1.54, 1.807) is 0 Å². The van der Waals surface area contributed by atoms with E-state index in [0.29, 0.717) is 12.8 Å². The van der Waals surface area contributed by atoms with E-state index in [2.05, 4.69) is 10.1 Å². The number of carbonyl (C=O) groups excluding carboxylic acids is 2. The van der Waals surface area contributed by atoms with Gasteiger partial charge in [0.05, 0.1) is 7.11 Å². The van der Waals surface area contributed by atoms with Crippen LogP contribution in [0.15, 0.2) is 0 Å². The van der Waals surface area contributed by atoms with Crippen molar-refractivity contribution in [2.24, 2.45) is 11.7 Å². The number of esters is 1. The molecular weight excluding hydrogens is 220 g/mol. The van der Waals surface area contributed by atoms with Crippen LogP contribution in [-0.2, 0) is 14.3 Å². The van der Waals surface area contributed by atoms with Crippen molar-refractivity contribution < 1.29 is 14.3 Å². The van der Waals surface area contributed by atoms with Gasteiger partial charge in [0.25, 0.3) is 0 Å². The van der Waals surface area contributed by atoms with Gasteiger partial charge in [-0.2, -0.15) is 0 Å². The largest absolute Gasteiger partial charge is 0.467 e. The Morgan fingerprint density at radius 1 is 1.47 bits per heavy atom. The second-order valence-corrected chi connectivity index (χ2v) is 4.61. The lowest BCUT2D eigenvalue weighted by atomic mass is 9.99. The zero-order chi connectivity index (χ0) is 12.8. The van der Waals surface area contributed by atoms with E-state index in [1.807, 2.05) is 6.92 Å². The zero-order valence-corrected chi connectivity index (χ0v) is 10.6. The number of nitrogens with two attached hydrogens (primary N) is 1. The van der Waals surface area contributed by atoms with Crippen molar-refractivity contribution in [2.45, 2.75) is 51.1 Å². The van der Waals surface area contributed by atoms with Crippen molar-refractivity contribution in [3.05, 3.63) is 0 Å². The van der Waals surface area contributed by atoms with Crippen molar-refractivity contribution in [1.29, 1.82) is 0 Å². The van der Waals surface area contributed by atoms with Crippen LogP contribution in [0.5, 0.6) is 0 Å². The lowest BCUT2D eigenvalue weighted by Gasteiger charge is -2.18. The molecule has 3 atom stereocenters. The highest BCUT2D eigenvalue weighted by molar-refractivity contribution is 5.84. The first-order valence-electron chi connectivity index (χ1n) is 6.21. The summed E-state index contributed by atoms with van der Waals surface area (Å²) in [5, 5.41) is 2.70. The topological polar surface area (TPSA) is 81.4 Å². The Hall–Kier alpha value is -1.10. The molecule has 0 radical (unpaired) electrons. The van der Waals surface area contributed by atoms with Gasteiger partial charge in [-0.1, -0.05) is 13.3 Å². The predicted molar refractivity (Wildman–Crippen MR) is 64.2 cm³/mol. The zero-order valence-electron chi connectivity index (χ0n) is 10.6. The van der Waals surface area contributed by atoms with Gasteiger partial charge >= 0.3 is 5.97 Å². The van der Waals surface area contributed by atoms with Crippen LogP contribution in [0.3, 0.4) is 0 Å². The molecule has 0 bridgehead atoms. The van der Waals surface area contributed by atoms with E-state index in [4.69, 9.17) is 5.73 Å². The smallest absolute Gasteiger partial charge is 0.328 e. The lowest BCUT2D eigenvalue weighted by molar-refractivity contribution is -0.145. The van der Waals surface area contributed by atoms with E-state index in [9.17, 15) is 9.59 Å². The van der Waals surface area contributed by atoms with Crippen LogP contribution >= 0.6 is 0 Å². The first kappa shape index (κ1) is 14.0. The van der Waals surface area contributed by atoms with Gasteiger partial charge in [-0.25, -0.2) is 4.79 Å². The van der Waals surface area contributed by atoms with Gasteiger partial charge in [0, 0.05) is 12.5 Å². The minimum absolute atomic E-state index is 0.107. The number of methoxy groups -OCH3 is 1. The maximum atomic E-state index is 11.8. The van der Waals surface area contributed by atoms with E-state index in [0.717, 1.165) is 19.3 Å². The third-order valence-corrected chi connectivity index (χ3v) is 3.39. The highest BCUT2D eigenvalue weighted by Crippen LogP contribution is 2.26. The maximum absolute atomic E-state index is 11.8. The minimum atomic E-state index is -0.537. The molecule has 0 aromatic heterocycles. The molecule has 3 N–H and O–H groups in total. The molecule has 98 valence electrons. The minimum Gasteiger partial charge on any atom is -0.467 e. The SMILES string of the molecule is CCC(NC(=O)C[C@@H]1CCC[C@H]1N)C(=O)OC. The Bertz CT molecular complexity index is 281. The average Bonchev–Trinajstić information content (AvgIpc) is 2.71. The van der Waals surface area contributed by atoms with Crippen LogP contribution in [0.2, 0.25) is 0 Å². The maximum Gasteiger partial charge on any atom is 0.328 e. The highest BCUT2D eigenvalue weighted by atomic mass is 16.5. The number of ether oxygens (including phenoxy) is 1. The van der Waals surface area contributed by atoms with Crippen LogP contribution in [0.1, 0.15) is 39.0 Å². The molecule has 1 saturated carbocycles. The molecule has 1 rings (SSSR count). The first-order chi connectivity index (χ1) is 8.08. The Morgan fingerprint density at radius 2 is 2.18 bits per heavy atom. The molecule has 1 amide bonds. The molecule has 0 saturated heterocycles. The van der Waals surface area contributed by atoms with Crippen LogP contribution < -0.4 is 11.1 Å². The molecule has 1 aliphatic carbocycles.